The van der Waals surface area contributed by atoms with Crippen molar-refractivity contribution < 1.29 is 28.2 Å². The van der Waals surface area contributed by atoms with Gasteiger partial charge in [0.25, 0.3) is 0 Å². The molecular weight excluding hydrogens is 429 g/mol. The van der Waals surface area contributed by atoms with Crippen molar-refractivity contribution in [3.05, 3.63) is 65.5 Å². The Kier molecular flexibility index (Phi) is 6.88. The zero-order chi connectivity index (χ0) is 23.4. The van der Waals surface area contributed by atoms with Crippen LogP contribution in [0, 0.1) is 5.82 Å². The summed E-state index contributed by atoms with van der Waals surface area (Å²) in [5, 5.41) is 5.59. The molecule has 2 aliphatic rings. The maximum atomic E-state index is 13.3. The van der Waals surface area contributed by atoms with E-state index in [0.717, 1.165) is 12.8 Å². The molecule has 3 unspecified atom stereocenters. The highest BCUT2D eigenvalue weighted by molar-refractivity contribution is 5.90. The van der Waals surface area contributed by atoms with Gasteiger partial charge in [0, 0.05) is 25.8 Å². The number of hydrogen-bond acceptors (Lipinski definition) is 5. The number of carbonyl (C=O) groups is 3. The Labute approximate surface area is 191 Å². The highest BCUT2D eigenvalue weighted by atomic mass is 19.1. The molecule has 174 valence electrons. The fraction of sp³-hybridized carbons (Fsp3) is 0.375. The van der Waals surface area contributed by atoms with Crippen LogP contribution in [-0.2, 0) is 25.6 Å². The molecule has 0 bridgehead atoms. The average molecular weight is 455 g/mol. The van der Waals surface area contributed by atoms with Gasteiger partial charge in [-0.25, -0.2) is 9.18 Å². The van der Waals surface area contributed by atoms with Crippen LogP contribution in [0.25, 0.3) is 0 Å². The minimum Gasteiger partial charge on any atom is -0.438 e. The van der Waals surface area contributed by atoms with Crippen molar-refractivity contribution in [1.29, 1.82) is 0 Å². The molecule has 2 aromatic rings. The number of benzene rings is 2. The summed E-state index contributed by atoms with van der Waals surface area (Å²) in [5.41, 5.74) is 1.78. The number of nitrogens with one attached hydrogen (secondary N) is 2. The molecule has 2 N–H and O–H groups in total. The summed E-state index contributed by atoms with van der Waals surface area (Å²) in [6.07, 6.45) is 0.226. The number of anilines is 1. The van der Waals surface area contributed by atoms with E-state index in [2.05, 4.69) is 10.6 Å². The highest BCUT2D eigenvalue weighted by Crippen LogP contribution is 2.35. The zero-order valence-corrected chi connectivity index (χ0v) is 18.3. The Bertz CT molecular complexity index is 1020. The second kappa shape index (κ2) is 9.99. The van der Waals surface area contributed by atoms with Crippen molar-refractivity contribution in [2.24, 2.45) is 0 Å². The SMILES string of the molecule is CC(=O)Nc1cccc(C2OC(=O)N(Cc3ccc(F)cc3)C2C(=O)NCC2CCCO2)c1. The number of hydrogen-bond donors (Lipinski definition) is 2. The van der Waals surface area contributed by atoms with E-state index in [1.165, 1.54) is 24.0 Å². The van der Waals surface area contributed by atoms with E-state index in [4.69, 9.17) is 9.47 Å². The Morgan fingerprint density at radius 2 is 1.97 bits per heavy atom. The lowest BCUT2D eigenvalue weighted by Crippen LogP contribution is -2.47. The van der Waals surface area contributed by atoms with Gasteiger partial charge in [-0.05, 0) is 48.2 Å². The first-order valence-electron chi connectivity index (χ1n) is 10.9. The molecule has 33 heavy (non-hydrogen) atoms. The van der Waals surface area contributed by atoms with Crippen LogP contribution in [-0.4, -0.2) is 48.1 Å². The largest absolute Gasteiger partial charge is 0.438 e. The van der Waals surface area contributed by atoms with Gasteiger partial charge in [-0.15, -0.1) is 0 Å². The van der Waals surface area contributed by atoms with Crippen molar-refractivity contribution in [2.45, 2.75) is 44.6 Å². The van der Waals surface area contributed by atoms with Crippen LogP contribution in [0.4, 0.5) is 14.9 Å². The van der Waals surface area contributed by atoms with Crippen LogP contribution in [0.5, 0.6) is 0 Å². The molecule has 9 heteroatoms. The minimum atomic E-state index is -0.948. The maximum Gasteiger partial charge on any atom is 0.411 e. The van der Waals surface area contributed by atoms with Crippen molar-refractivity contribution in [3.8, 4) is 0 Å². The summed E-state index contributed by atoms with van der Waals surface area (Å²) >= 11 is 0. The standard InChI is InChI=1S/C24H26FN3O5/c1-15(29)27-19-5-2-4-17(12-19)22-21(23(30)26-13-20-6-3-11-32-20)28(24(31)33-22)14-16-7-9-18(25)10-8-16/h2,4-5,7-10,12,20-22H,3,6,11,13-14H2,1H3,(H,26,30)(H,27,29). The summed E-state index contributed by atoms with van der Waals surface area (Å²) in [7, 11) is 0. The normalized spacial score (nSPS) is 22.2. The molecule has 0 radical (unpaired) electrons. The molecule has 2 fully saturated rings. The van der Waals surface area contributed by atoms with Crippen LogP contribution in [0.2, 0.25) is 0 Å². The predicted octanol–water partition coefficient (Wildman–Crippen LogP) is 3.14. The number of amides is 3. The first-order valence-corrected chi connectivity index (χ1v) is 10.9. The van der Waals surface area contributed by atoms with Gasteiger partial charge in [0.1, 0.15) is 5.82 Å². The third-order valence-corrected chi connectivity index (χ3v) is 5.68. The number of halogens is 1. The quantitative estimate of drug-likeness (QED) is 0.669. The average Bonchev–Trinajstić information content (AvgIpc) is 3.42. The Hall–Kier alpha value is -3.46. The van der Waals surface area contributed by atoms with E-state index in [-0.39, 0.29) is 30.3 Å². The van der Waals surface area contributed by atoms with Gasteiger partial charge in [-0.2, -0.15) is 0 Å². The van der Waals surface area contributed by atoms with Gasteiger partial charge in [0.15, 0.2) is 12.1 Å². The molecule has 2 heterocycles. The van der Waals surface area contributed by atoms with Gasteiger partial charge < -0.3 is 20.1 Å². The fourth-order valence-electron chi connectivity index (χ4n) is 4.12. The van der Waals surface area contributed by atoms with E-state index in [0.29, 0.717) is 30.0 Å². The zero-order valence-electron chi connectivity index (χ0n) is 18.3. The molecule has 4 rings (SSSR count). The molecule has 0 aromatic heterocycles. The molecule has 3 atom stereocenters. The third kappa shape index (κ3) is 5.48. The van der Waals surface area contributed by atoms with Gasteiger partial charge in [-0.1, -0.05) is 24.3 Å². The fourth-order valence-corrected chi connectivity index (χ4v) is 4.12. The Balaban J connectivity index is 1.59. The molecule has 2 aromatic carbocycles. The molecule has 3 amide bonds. The van der Waals surface area contributed by atoms with Crippen LogP contribution in [0.1, 0.15) is 37.0 Å². The van der Waals surface area contributed by atoms with Crippen LogP contribution >= 0.6 is 0 Å². The summed E-state index contributed by atoms with van der Waals surface area (Å²) in [6.45, 7) is 2.49. The summed E-state index contributed by atoms with van der Waals surface area (Å²) in [4.78, 5) is 38.9. The smallest absolute Gasteiger partial charge is 0.411 e. The number of nitrogens with zero attached hydrogens (tertiary/aromatic N) is 1. The molecule has 2 saturated heterocycles. The van der Waals surface area contributed by atoms with Gasteiger partial charge in [0.05, 0.1) is 12.6 Å². The van der Waals surface area contributed by atoms with Crippen LogP contribution < -0.4 is 10.6 Å². The lowest BCUT2D eigenvalue weighted by molar-refractivity contribution is -0.126. The molecular formula is C24H26FN3O5. The second-order valence-corrected chi connectivity index (χ2v) is 8.19. The Morgan fingerprint density at radius 1 is 1.18 bits per heavy atom. The topological polar surface area (TPSA) is 97.0 Å². The second-order valence-electron chi connectivity index (χ2n) is 8.19. The summed E-state index contributed by atoms with van der Waals surface area (Å²) in [6, 6.07) is 11.6. The van der Waals surface area contributed by atoms with Gasteiger partial charge >= 0.3 is 6.09 Å². The lowest BCUT2D eigenvalue weighted by Gasteiger charge is -2.25. The van der Waals surface area contributed by atoms with Crippen molar-refractivity contribution >= 4 is 23.6 Å². The summed E-state index contributed by atoms with van der Waals surface area (Å²) < 4.78 is 24.5. The summed E-state index contributed by atoms with van der Waals surface area (Å²) in [5.74, 6) is -0.992. The molecule has 8 nitrogen and oxygen atoms in total. The van der Waals surface area contributed by atoms with Crippen LogP contribution in [0.3, 0.4) is 0 Å². The first kappa shape index (κ1) is 22.7. The van der Waals surface area contributed by atoms with Crippen molar-refractivity contribution in [2.75, 3.05) is 18.5 Å². The maximum absolute atomic E-state index is 13.3. The number of rotatable bonds is 7. The van der Waals surface area contributed by atoms with E-state index < -0.39 is 18.2 Å². The first-order chi connectivity index (χ1) is 15.9. The van der Waals surface area contributed by atoms with Crippen LogP contribution in [0.15, 0.2) is 48.5 Å². The van der Waals surface area contributed by atoms with Gasteiger partial charge in [0.2, 0.25) is 11.8 Å². The predicted molar refractivity (Wildman–Crippen MR) is 118 cm³/mol. The number of carbonyl (C=O) groups excluding carboxylic acids is 3. The van der Waals surface area contributed by atoms with E-state index in [9.17, 15) is 18.8 Å². The van der Waals surface area contributed by atoms with Crippen molar-refractivity contribution in [1.82, 2.24) is 10.2 Å². The molecule has 0 spiro atoms. The molecule has 0 aliphatic carbocycles. The van der Waals surface area contributed by atoms with Crippen molar-refractivity contribution in [3.63, 3.8) is 0 Å². The highest BCUT2D eigenvalue weighted by Gasteiger charge is 2.47. The van der Waals surface area contributed by atoms with E-state index in [1.807, 2.05) is 0 Å². The number of ether oxygens (including phenoxy) is 2. The Morgan fingerprint density at radius 3 is 2.67 bits per heavy atom. The monoisotopic (exact) mass is 455 g/mol. The molecule has 0 saturated carbocycles. The minimum absolute atomic E-state index is 0.0564. The van der Waals surface area contributed by atoms with E-state index in [1.54, 1.807) is 36.4 Å². The third-order valence-electron chi connectivity index (χ3n) is 5.68. The number of cyclic esters (lactones) is 1. The van der Waals surface area contributed by atoms with Gasteiger partial charge in [-0.3, -0.25) is 14.5 Å². The molecule has 2 aliphatic heterocycles. The van der Waals surface area contributed by atoms with E-state index >= 15 is 0 Å². The lowest BCUT2D eigenvalue weighted by atomic mass is 10.00.